The van der Waals surface area contributed by atoms with Crippen LogP contribution in [-0.4, -0.2) is 20.8 Å². The molecule has 1 aliphatic carbocycles. The molecule has 1 fully saturated rings. The van der Waals surface area contributed by atoms with Crippen molar-refractivity contribution in [3.05, 3.63) is 81.4 Å². The summed E-state index contributed by atoms with van der Waals surface area (Å²) in [7, 11) is 0. The Morgan fingerprint density at radius 3 is 2.08 bits per heavy atom. The van der Waals surface area contributed by atoms with E-state index < -0.39 is 0 Å². The van der Waals surface area contributed by atoms with Crippen molar-refractivity contribution in [3.63, 3.8) is 0 Å². The molecule has 0 aliphatic heterocycles. The predicted octanol–water partition coefficient (Wildman–Crippen LogP) is 3.04. The molecule has 24 heavy (non-hydrogen) atoms. The molecule has 4 nitrogen and oxygen atoms in total. The van der Waals surface area contributed by atoms with Gasteiger partial charge in [-0.25, -0.2) is 0 Å². The number of hydrogen-bond acceptors (Lipinski definition) is 2. The van der Waals surface area contributed by atoms with E-state index in [0.29, 0.717) is 6.04 Å². The molecule has 0 unspecified atom stereocenters. The van der Waals surface area contributed by atoms with E-state index in [1.807, 2.05) is 12.1 Å². The van der Waals surface area contributed by atoms with Crippen LogP contribution in [0.1, 0.15) is 29.8 Å². The van der Waals surface area contributed by atoms with E-state index in [0.717, 1.165) is 22.6 Å². The van der Waals surface area contributed by atoms with Gasteiger partial charge in [0.25, 0.3) is 0 Å². The number of hydrogen-bond donors (Lipinski definition) is 2. The standard InChI is InChI=1S/C16H15N3.C3H7N.Pt/c1-3-7-14(8-4-1)11-16-17-13-19(18-16)12-15-9-5-2-6-10-15;4-3-1-2-3;/h1-10H,11-12H2,(H,17,18);3H,1-2,4H2;. The van der Waals surface area contributed by atoms with Gasteiger partial charge >= 0.3 is 129 Å². The van der Waals surface area contributed by atoms with E-state index in [-0.39, 0.29) is 0 Å². The quantitative estimate of drug-likeness (QED) is 0.578. The van der Waals surface area contributed by atoms with Gasteiger partial charge in [0.2, 0.25) is 0 Å². The first kappa shape index (κ1) is 17.1. The molecule has 0 bridgehead atoms. The molecule has 3 N–H and O–H groups in total. The van der Waals surface area contributed by atoms with Gasteiger partial charge in [-0.3, -0.25) is 0 Å². The molecule has 0 atom stereocenters. The molecule has 0 saturated heterocycles. The van der Waals surface area contributed by atoms with Crippen molar-refractivity contribution in [2.75, 3.05) is 0 Å². The number of nitrogens with zero attached hydrogens (tertiary/aromatic N) is 2. The van der Waals surface area contributed by atoms with Crippen LogP contribution in [0.4, 0.5) is 0 Å². The third-order valence-corrected chi connectivity index (χ3v) is 4.58. The fourth-order valence-electron chi connectivity index (χ4n) is 2.22. The van der Waals surface area contributed by atoms with E-state index in [1.54, 1.807) is 0 Å². The van der Waals surface area contributed by atoms with Crippen molar-refractivity contribution >= 4 is 0 Å². The molecule has 1 aromatic heterocycles. The molecular formula is C19H22N4Pt. The molecule has 1 aliphatic rings. The molecule has 5 heteroatoms. The maximum absolute atomic E-state index is 5.22. The van der Waals surface area contributed by atoms with Gasteiger partial charge < -0.3 is 5.73 Å². The van der Waals surface area contributed by atoms with Crippen molar-refractivity contribution in [1.82, 2.24) is 14.8 Å². The van der Waals surface area contributed by atoms with Crippen LogP contribution in [0.3, 0.4) is 0 Å². The summed E-state index contributed by atoms with van der Waals surface area (Å²) in [5.74, 6) is 0.997. The molecule has 0 radical (unpaired) electrons. The van der Waals surface area contributed by atoms with Gasteiger partial charge in [-0.15, -0.1) is 0 Å². The third-order valence-electron chi connectivity index (χ3n) is 3.71. The Bertz CT molecular complexity index is 804. The van der Waals surface area contributed by atoms with Crippen molar-refractivity contribution in [3.8, 4) is 0 Å². The Morgan fingerprint density at radius 1 is 1.00 bits per heavy atom. The van der Waals surface area contributed by atoms with Gasteiger partial charge in [0.05, 0.1) is 0 Å². The second-order valence-corrected chi connectivity index (χ2v) is 7.00. The molecule has 3 aromatic rings. The van der Waals surface area contributed by atoms with Crippen LogP contribution < -0.4 is 5.73 Å². The fourth-order valence-corrected chi connectivity index (χ4v) is 2.83. The molecule has 0 spiro atoms. The number of aromatic nitrogens is 3. The minimum absolute atomic E-state index is 0.583. The summed E-state index contributed by atoms with van der Waals surface area (Å²) in [6.45, 7) is 0.821. The summed E-state index contributed by atoms with van der Waals surface area (Å²) in [5, 5.41) is 3.38. The zero-order valence-corrected chi connectivity index (χ0v) is 15.7. The van der Waals surface area contributed by atoms with Crippen LogP contribution >= 0.6 is 0 Å². The zero-order valence-electron chi connectivity index (χ0n) is 13.5. The summed E-state index contributed by atoms with van der Waals surface area (Å²) in [4.78, 5) is 4.60. The van der Waals surface area contributed by atoms with Gasteiger partial charge in [-0.05, 0) is 12.8 Å². The molecule has 0 amide bonds. The summed E-state index contributed by atoms with van der Waals surface area (Å²) < 4.78 is 3.06. The van der Waals surface area contributed by atoms with Crippen molar-refractivity contribution in [2.24, 2.45) is 5.73 Å². The molecular weight excluding hydrogens is 479 g/mol. The van der Waals surface area contributed by atoms with Gasteiger partial charge in [0, 0.05) is 6.04 Å². The normalized spacial score (nSPS) is 13.3. The first-order valence-corrected chi connectivity index (χ1v) is 9.29. The molecule has 2 aromatic carbocycles. The molecule has 1 heterocycles. The molecule has 128 valence electrons. The number of nitrogens with one attached hydrogen (secondary N) is 1. The Kier molecular flexibility index (Phi) is 5.95. The summed E-state index contributed by atoms with van der Waals surface area (Å²) in [6.07, 6.45) is 3.36. The Morgan fingerprint density at radius 2 is 1.54 bits per heavy atom. The van der Waals surface area contributed by atoms with E-state index in [2.05, 4.69) is 82.6 Å². The zero-order chi connectivity index (χ0) is 16.8. The van der Waals surface area contributed by atoms with Crippen molar-refractivity contribution in [2.45, 2.75) is 31.8 Å². The van der Waals surface area contributed by atoms with Gasteiger partial charge in [-0.2, -0.15) is 0 Å². The number of benzene rings is 2. The summed E-state index contributed by atoms with van der Waals surface area (Å²) in [5.41, 5.74) is 7.76. The van der Waals surface area contributed by atoms with Crippen molar-refractivity contribution in [1.29, 1.82) is 0 Å². The number of nitrogens with two attached hydrogens (primary N) is 1. The second kappa shape index (κ2) is 8.36. The average Bonchev–Trinajstić information content (AvgIpc) is 3.31. The number of rotatable bonds is 4. The van der Waals surface area contributed by atoms with E-state index in [9.17, 15) is 0 Å². The van der Waals surface area contributed by atoms with Crippen molar-refractivity contribution < 1.29 is 19.4 Å². The van der Waals surface area contributed by atoms with E-state index >= 15 is 0 Å². The minimum atomic E-state index is 0.583. The third kappa shape index (κ3) is 5.40. The topological polar surface area (TPSA) is 59.6 Å². The summed E-state index contributed by atoms with van der Waals surface area (Å²) in [6, 6.07) is 21.4. The van der Waals surface area contributed by atoms with Gasteiger partial charge in [0.15, 0.2) is 0 Å². The summed E-state index contributed by atoms with van der Waals surface area (Å²) >= 11 is 2.25. The predicted molar refractivity (Wildman–Crippen MR) is 91.8 cm³/mol. The SMILES string of the molecule is NC1CC1.[Pt]=[c]1nc(Cc2ccccc2)[nH]n1Cc1ccccc1. The van der Waals surface area contributed by atoms with Crippen LogP contribution in [0.2, 0.25) is 0 Å². The first-order chi connectivity index (χ1) is 11.7. The van der Waals surface area contributed by atoms with Gasteiger partial charge in [0.1, 0.15) is 0 Å². The maximum atomic E-state index is 5.22. The first-order valence-electron chi connectivity index (χ1n) is 8.15. The van der Waals surface area contributed by atoms with Gasteiger partial charge in [-0.1, -0.05) is 0 Å². The van der Waals surface area contributed by atoms with Crippen LogP contribution in [0.25, 0.3) is 0 Å². The van der Waals surface area contributed by atoms with E-state index in [1.165, 1.54) is 24.0 Å². The van der Waals surface area contributed by atoms with Crippen LogP contribution in [-0.2, 0) is 32.3 Å². The Labute approximate surface area is 153 Å². The van der Waals surface area contributed by atoms with Crippen LogP contribution in [0.15, 0.2) is 60.7 Å². The number of H-pyrrole nitrogens is 1. The average molecular weight is 501 g/mol. The fraction of sp³-hybridized carbons (Fsp3) is 0.263. The van der Waals surface area contributed by atoms with Crippen LogP contribution in [0, 0.1) is 3.80 Å². The second-order valence-electron chi connectivity index (χ2n) is 5.98. The van der Waals surface area contributed by atoms with E-state index in [4.69, 9.17) is 5.73 Å². The monoisotopic (exact) mass is 501 g/mol. The Balaban J connectivity index is 0.000000370. The number of aromatic amines is 1. The Hall–Kier alpha value is -1.77. The molecule has 1 saturated carbocycles. The molecule has 4 rings (SSSR count). The van der Waals surface area contributed by atoms with Crippen LogP contribution in [0.5, 0.6) is 0 Å².